The summed E-state index contributed by atoms with van der Waals surface area (Å²) in [5.41, 5.74) is 1.38. The van der Waals surface area contributed by atoms with E-state index in [4.69, 9.17) is 4.74 Å². The second-order valence-corrected chi connectivity index (χ2v) is 6.60. The summed E-state index contributed by atoms with van der Waals surface area (Å²) in [6.45, 7) is 2.06. The van der Waals surface area contributed by atoms with E-state index in [2.05, 4.69) is 42.2 Å². The first-order chi connectivity index (χ1) is 9.73. The smallest absolute Gasteiger partial charge is 0.112 e. The molecule has 2 bridgehead atoms. The molecule has 108 valence electrons. The first-order valence-corrected chi connectivity index (χ1v) is 7.92. The number of benzene rings is 1. The van der Waals surface area contributed by atoms with Gasteiger partial charge >= 0.3 is 0 Å². The number of nitrogens with zero attached hydrogens (tertiary/aromatic N) is 1. The lowest BCUT2D eigenvalue weighted by atomic mass is 9.85. The van der Waals surface area contributed by atoms with Crippen LogP contribution in [0.3, 0.4) is 0 Å². The Morgan fingerprint density at radius 3 is 2.50 bits per heavy atom. The third-order valence-corrected chi connectivity index (χ3v) is 5.42. The van der Waals surface area contributed by atoms with Crippen LogP contribution in [0.1, 0.15) is 50.7 Å². The van der Waals surface area contributed by atoms with Gasteiger partial charge in [0.15, 0.2) is 0 Å². The van der Waals surface area contributed by atoms with Crippen molar-refractivity contribution in [3.8, 4) is 0 Å². The zero-order chi connectivity index (χ0) is 13.7. The lowest BCUT2D eigenvalue weighted by Gasteiger charge is -2.40. The van der Waals surface area contributed by atoms with Crippen LogP contribution in [0.2, 0.25) is 0 Å². The van der Waals surface area contributed by atoms with E-state index in [0.717, 1.165) is 19.3 Å². The van der Waals surface area contributed by atoms with Gasteiger partial charge in [0.1, 0.15) is 17.9 Å². The predicted octanol–water partition coefficient (Wildman–Crippen LogP) is 2.85. The molecule has 20 heavy (non-hydrogen) atoms. The number of hydrogen-bond acceptors (Lipinski definition) is 3. The number of fused-ring (bicyclic) bond motifs is 2. The van der Waals surface area contributed by atoms with Gasteiger partial charge in [0.05, 0.1) is 0 Å². The molecule has 1 aromatic carbocycles. The molecule has 3 fully saturated rings. The van der Waals surface area contributed by atoms with E-state index in [-0.39, 0.29) is 17.9 Å². The van der Waals surface area contributed by atoms with Gasteiger partial charge in [-0.15, -0.1) is 0 Å². The number of rotatable bonds is 3. The van der Waals surface area contributed by atoms with E-state index in [1.807, 2.05) is 0 Å². The summed E-state index contributed by atoms with van der Waals surface area (Å²) in [7, 11) is 0. The van der Waals surface area contributed by atoms with Crippen LogP contribution >= 0.6 is 0 Å². The molecule has 3 aliphatic rings. The van der Waals surface area contributed by atoms with Crippen LogP contribution in [0.25, 0.3) is 0 Å². The Kier molecular flexibility index (Phi) is 2.92. The standard InChI is InChI=1S/C17H23NO2/c1-2-15(19)18-13-8-9-14(18)11-17(10-13)16(20-17)12-6-4-3-5-7-12/h3-7,13-16,19H,2,8-11H2,1H3. The first-order valence-electron chi connectivity index (χ1n) is 7.92. The van der Waals surface area contributed by atoms with Gasteiger partial charge in [0, 0.05) is 12.1 Å². The fourth-order valence-electron chi connectivity index (χ4n) is 4.49. The van der Waals surface area contributed by atoms with Crippen LogP contribution in [0, 0.1) is 0 Å². The van der Waals surface area contributed by atoms with Crippen molar-refractivity contribution < 1.29 is 9.84 Å². The third-order valence-electron chi connectivity index (χ3n) is 5.42. The molecule has 0 saturated carbocycles. The van der Waals surface area contributed by atoms with Crippen LogP contribution in [0.15, 0.2) is 30.3 Å². The van der Waals surface area contributed by atoms with Crippen molar-refractivity contribution in [1.29, 1.82) is 0 Å². The fraction of sp³-hybridized carbons (Fsp3) is 0.647. The quantitative estimate of drug-likeness (QED) is 0.860. The number of epoxide rings is 1. The van der Waals surface area contributed by atoms with Gasteiger partial charge in [-0.05, 0) is 37.7 Å². The van der Waals surface area contributed by atoms with Gasteiger partial charge in [0.2, 0.25) is 0 Å². The lowest BCUT2D eigenvalue weighted by Crippen LogP contribution is -2.51. The van der Waals surface area contributed by atoms with Crippen LogP contribution in [0.4, 0.5) is 0 Å². The van der Waals surface area contributed by atoms with Gasteiger partial charge in [0.25, 0.3) is 0 Å². The molecule has 4 unspecified atom stereocenters. The highest BCUT2D eigenvalue weighted by molar-refractivity contribution is 5.28. The van der Waals surface area contributed by atoms with Crippen LogP contribution in [0.5, 0.6) is 0 Å². The summed E-state index contributed by atoms with van der Waals surface area (Å²) in [4.78, 5) is 2.36. The van der Waals surface area contributed by atoms with Crippen LogP contribution < -0.4 is 0 Å². The molecule has 3 heteroatoms. The van der Waals surface area contributed by atoms with Gasteiger partial charge < -0.3 is 9.84 Å². The molecular formula is C17H23NO2. The van der Waals surface area contributed by atoms with Crippen LogP contribution in [-0.4, -0.2) is 33.9 Å². The average Bonchev–Trinajstić information content (AvgIpc) is 3.10. The molecule has 3 aliphatic heterocycles. The molecule has 0 radical (unpaired) electrons. The van der Waals surface area contributed by atoms with Crippen molar-refractivity contribution in [1.82, 2.24) is 4.90 Å². The number of piperidine rings is 1. The average molecular weight is 273 g/mol. The summed E-state index contributed by atoms with van der Waals surface area (Å²) < 4.78 is 6.17. The minimum atomic E-state index is -0.265. The van der Waals surface area contributed by atoms with E-state index in [1.165, 1.54) is 18.4 Å². The Balaban J connectivity index is 1.53. The maximum atomic E-state index is 10.2. The highest BCUT2D eigenvalue weighted by Gasteiger charge is 2.63. The molecule has 0 amide bonds. The van der Waals surface area contributed by atoms with Crippen molar-refractivity contribution >= 4 is 0 Å². The Bertz CT molecular complexity index is 475. The second-order valence-electron chi connectivity index (χ2n) is 6.60. The summed E-state index contributed by atoms with van der Waals surface area (Å²) in [5.74, 6) is 0. The topological polar surface area (TPSA) is 36.0 Å². The van der Waals surface area contributed by atoms with Gasteiger partial charge in [-0.3, -0.25) is 4.90 Å². The molecule has 4 atom stereocenters. The summed E-state index contributed by atoms with van der Waals surface area (Å²) in [5, 5.41) is 10.2. The van der Waals surface area contributed by atoms with Gasteiger partial charge in [-0.2, -0.15) is 0 Å². The SMILES string of the molecule is CCC(O)N1C2CCC1CC1(C2)OC1c1ccccc1. The van der Waals surface area contributed by atoms with Gasteiger partial charge in [-0.1, -0.05) is 37.3 Å². The van der Waals surface area contributed by atoms with Crippen LogP contribution in [-0.2, 0) is 4.74 Å². The maximum absolute atomic E-state index is 10.2. The van der Waals surface area contributed by atoms with E-state index >= 15 is 0 Å². The largest absolute Gasteiger partial charge is 0.378 e. The van der Waals surface area contributed by atoms with E-state index in [1.54, 1.807) is 0 Å². The van der Waals surface area contributed by atoms with Crippen molar-refractivity contribution in [2.75, 3.05) is 0 Å². The normalized spacial score (nSPS) is 41.0. The summed E-state index contributed by atoms with van der Waals surface area (Å²) in [6.07, 6.45) is 5.44. The predicted molar refractivity (Wildman–Crippen MR) is 77.2 cm³/mol. The van der Waals surface area contributed by atoms with Crippen molar-refractivity contribution in [3.05, 3.63) is 35.9 Å². The van der Waals surface area contributed by atoms with E-state index < -0.39 is 0 Å². The van der Waals surface area contributed by atoms with E-state index in [9.17, 15) is 5.11 Å². The molecular weight excluding hydrogens is 250 g/mol. The summed E-state index contributed by atoms with van der Waals surface area (Å²) >= 11 is 0. The Hall–Kier alpha value is -0.900. The first kappa shape index (κ1) is 12.8. The highest BCUT2D eigenvalue weighted by Crippen LogP contribution is 2.60. The highest BCUT2D eigenvalue weighted by atomic mass is 16.6. The van der Waals surface area contributed by atoms with Crippen molar-refractivity contribution in [3.63, 3.8) is 0 Å². The Morgan fingerprint density at radius 1 is 1.25 bits per heavy atom. The van der Waals surface area contributed by atoms with Crippen molar-refractivity contribution in [2.24, 2.45) is 0 Å². The third kappa shape index (κ3) is 1.84. The van der Waals surface area contributed by atoms with Gasteiger partial charge in [-0.25, -0.2) is 0 Å². The fourth-order valence-corrected chi connectivity index (χ4v) is 4.49. The number of hydrogen-bond donors (Lipinski definition) is 1. The molecule has 4 rings (SSSR count). The number of aliphatic hydroxyl groups excluding tert-OH is 1. The molecule has 0 aliphatic carbocycles. The minimum absolute atomic E-state index is 0.0666. The molecule has 1 spiro atoms. The maximum Gasteiger partial charge on any atom is 0.112 e. The molecule has 3 saturated heterocycles. The monoisotopic (exact) mass is 273 g/mol. The molecule has 3 heterocycles. The lowest BCUT2D eigenvalue weighted by molar-refractivity contribution is -0.0627. The van der Waals surface area contributed by atoms with E-state index in [0.29, 0.717) is 12.1 Å². The molecule has 0 aromatic heterocycles. The van der Waals surface area contributed by atoms with Crippen molar-refractivity contribution in [2.45, 2.75) is 69.0 Å². The number of ether oxygens (including phenoxy) is 1. The second kappa shape index (κ2) is 4.55. The molecule has 3 nitrogen and oxygen atoms in total. The molecule has 1 N–H and O–H groups in total. The zero-order valence-corrected chi connectivity index (χ0v) is 12.0. The Labute approximate surface area is 120 Å². The minimum Gasteiger partial charge on any atom is -0.378 e. The molecule has 1 aromatic rings. The summed E-state index contributed by atoms with van der Waals surface area (Å²) in [6, 6.07) is 11.6. The number of aliphatic hydroxyl groups is 1. The Morgan fingerprint density at radius 2 is 1.90 bits per heavy atom. The zero-order valence-electron chi connectivity index (χ0n) is 12.0.